The van der Waals surface area contributed by atoms with E-state index in [9.17, 15) is 9.90 Å². The first kappa shape index (κ1) is 12.4. The fourth-order valence-corrected chi connectivity index (χ4v) is 1.51. The molecule has 0 saturated heterocycles. The molecule has 3 heteroatoms. The zero-order valence-electron chi connectivity index (χ0n) is 8.71. The van der Waals surface area contributed by atoms with Crippen LogP contribution in [0.5, 0.6) is 0 Å². The lowest BCUT2D eigenvalue weighted by Crippen LogP contribution is -2.42. The predicted octanol–water partition coefficient (Wildman–Crippen LogP) is 2.04. The summed E-state index contributed by atoms with van der Waals surface area (Å²) in [4.78, 5) is 10.7. The van der Waals surface area contributed by atoms with Crippen molar-refractivity contribution >= 4 is 5.97 Å². The number of aliphatic carboxylic acids is 1. The molecule has 0 aromatic rings. The SMILES string of the molecule is CCCCC(CC)C(C)(O)C(=O)O. The average Bonchev–Trinajstić information content (AvgIpc) is 2.05. The maximum Gasteiger partial charge on any atom is 0.335 e. The van der Waals surface area contributed by atoms with Gasteiger partial charge in [0.15, 0.2) is 5.60 Å². The molecule has 3 nitrogen and oxygen atoms in total. The van der Waals surface area contributed by atoms with Gasteiger partial charge in [-0.3, -0.25) is 0 Å². The van der Waals surface area contributed by atoms with Crippen molar-refractivity contribution < 1.29 is 15.0 Å². The molecule has 0 aromatic heterocycles. The highest BCUT2D eigenvalue weighted by Gasteiger charge is 2.37. The summed E-state index contributed by atoms with van der Waals surface area (Å²) in [6, 6.07) is 0. The highest BCUT2D eigenvalue weighted by atomic mass is 16.4. The first-order valence-electron chi connectivity index (χ1n) is 4.92. The zero-order chi connectivity index (χ0) is 10.5. The second kappa shape index (κ2) is 5.22. The molecule has 2 unspecified atom stereocenters. The van der Waals surface area contributed by atoms with Gasteiger partial charge in [0.25, 0.3) is 0 Å². The number of hydrogen-bond donors (Lipinski definition) is 2. The highest BCUT2D eigenvalue weighted by molar-refractivity contribution is 5.76. The van der Waals surface area contributed by atoms with Crippen molar-refractivity contribution in [3.05, 3.63) is 0 Å². The first-order valence-corrected chi connectivity index (χ1v) is 4.92. The maximum absolute atomic E-state index is 10.7. The molecule has 0 heterocycles. The molecular formula is C10H20O3. The third kappa shape index (κ3) is 3.35. The highest BCUT2D eigenvalue weighted by Crippen LogP contribution is 2.26. The van der Waals surface area contributed by atoms with E-state index in [1.165, 1.54) is 6.92 Å². The number of carbonyl (C=O) groups is 1. The number of unbranched alkanes of at least 4 members (excludes halogenated alkanes) is 1. The zero-order valence-corrected chi connectivity index (χ0v) is 8.71. The van der Waals surface area contributed by atoms with Crippen LogP contribution >= 0.6 is 0 Å². The van der Waals surface area contributed by atoms with Crippen molar-refractivity contribution in [3.8, 4) is 0 Å². The summed E-state index contributed by atoms with van der Waals surface area (Å²) in [5.74, 6) is -1.25. The Morgan fingerprint density at radius 2 is 2.00 bits per heavy atom. The fourth-order valence-electron chi connectivity index (χ4n) is 1.51. The second-order valence-corrected chi connectivity index (χ2v) is 3.70. The van der Waals surface area contributed by atoms with Crippen LogP contribution in [0.15, 0.2) is 0 Å². The van der Waals surface area contributed by atoms with Crippen LogP contribution < -0.4 is 0 Å². The molecule has 0 aromatic carbocycles. The Morgan fingerprint density at radius 1 is 1.46 bits per heavy atom. The van der Waals surface area contributed by atoms with Crippen molar-refractivity contribution in [2.75, 3.05) is 0 Å². The Balaban J connectivity index is 4.28. The van der Waals surface area contributed by atoms with Crippen molar-refractivity contribution in [2.24, 2.45) is 5.92 Å². The van der Waals surface area contributed by atoms with Crippen molar-refractivity contribution in [3.63, 3.8) is 0 Å². The van der Waals surface area contributed by atoms with E-state index in [0.29, 0.717) is 6.42 Å². The molecule has 0 radical (unpaired) electrons. The van der Waals surface area contributed by atoms with Crippen molar-refractivity contribution in [1.29, 1.82) is 0 Å². The fraction of sp³-hybridized carbons (Fsp3) is 0.900. The van der Waals surface area contributed by atoms with Crippen LogP contribution in [-0.2, 0) is 4.79 Å². The summed E-state index contributed by atoms with van der Waals surface area (Å²) in [6.07, 6.45) is 3.50. The van der Waals surface area contributed by atoms with Gasteiger partial charge in [0.05, 0.1) is 0 Å². The summed E-state index contributed by atoms with van der Waals surface area (Å²) in [5, 5.41) is 18.5. The van der Waals surface area contributed by atoms with Gasteiger partial charge in [0, 0.05) is 0 Å². The van der Waals surface area contributed by atoms with Crippen LogP contribution in [0.2, 0.25) is 0 Å². The smallest absolute Gasteiger partial charge is 0.335 e. The van der Waals surface area contributed by atoms with E-state index in [-0.39, 0.29) is 5.92 Å². The molecule has 0 fully saturated rings. The average molecular weight is 188 g/mol. The number of hydrogen-bond acceptors (Lipinski definition) is 2. The molecule has 2 atom stereocenters. The van der Waals surface area contributed by atoms with Gasteiger partial charge in [0.1, 0.15) is 0 Å². The van der Waals surface area contributed by atoms with Crippen LogP contribution in [0.4, 0.5) is 0 Å². The molecule has 0 rings (SSSR count). The monoisotopic (exact) mass is 188 g/mol. The minimum atomic E-state index is -1.57. The van der Waals surface area contributed by atoms with E-state index < -0.39 is 11.6 Å². The Bertz CT molecular complexity index is 164. The van der Waals surface area contributed by atoms with E-state index in [4.69, 9.17) is 5.11 Å². The topological polar surface area (TPSA) is 57.5 Å². The third-order valence-corrected chi connectivity index (χ3v) is 2.63. The van der Waals surface area contributed by atoms with Crippen molar-refractivity contribution in [2.45, 2.75) is 52.1 Å². The molecule has 0 spiro atoms. The molecule has 0 saturated carbocycles. The molecule has 0 aliphatic heterocycles. The lowest BCUT2D eigenvalue weighted by atomic mass is 9.83. The van der Waals surface area contributed by atoms with Gasteiger partial charge in [-0.05, 0) is 25.7 Å². The van der Waals surface area contributed by atoms with Crippen LogP contribution in [0.3, 0.4) is 0 Å². The lowest BCUT2D eigenvalue weighted by molar-refractivity contribution is -0.163. The standard InChI is InChI=1S/C10H20O3/c1-4-6-7-8(5-2)10(3,13)9(11)12/h8,13H,4-7H2,1-3H3,(H,11,12). The van der Waals surface area contributed by atoms with Gasteiger partial charge in [-0.15, -0.1) is 0 Å². The van der Waals surface area contributed by atoms with E-state index in [1.54, 1.807) is 0 Å². The Hall–Kier alpha value is -0.570. The van der Waals surface area contributed by atoms with E-state index in [0.717, 1.165) is 19.3 Å². The molecular weight excluding hydrogens is 168 g/mol. The van der Waals surface area contributed by atoms with E-state index >= 15 is 0 Å². The summed E-state index contributed by atoms with van der Waals surface area (Å²) in [5.41, 5.74) is -1.57. The number of rotatable bonds is 6. The van der Waals surface area contributed by atoms with Crippen LogP contribution in [0.1, 0.15) is 46.5 Å². The normalized spacial score (nSPS) is 17.8. The Kier molecular flexibility index (Phi) is 4.99. The van der Waals surface area contributed by atoms with Crippen LogP contribution in [-0.4, -0.2) is 21.8 Å². The number of carboxylic acid groups (broad SMARTS) is 1. The van der Waals surface area contributed by atoms with Gasteiger partial charge in [-0.25, -0.2) is 4.79 Å². The van der Waals surface area contributed by atoms with Gasteiger partial charge in [-0.1, -0.05) is 26.7 Å². The Labute approximate surface area is 79.8 Å². The summed E-state index contributed by atoms with van der Waals surface area (Å²) >= 11 is 0. The summed E-state index contributed by atoms with van der Waals surface area (Å²) in [6.45, 7) is 5.36. The maximum atomic E-state index is 10.7. The predicted molar refractivity (Wildman–Crippen MR) is 51.6 cm³/mol. The largest absolute Gasteiger partial charge is 0.479 e. The minimum absolute atomic E-state index is 0.134. The summed E-state index contributed by atoms with van der Waals surface area (Å²) in [7, 11) is 0. The third-order valence-electron chi connectivity index (χ3n) is 2.63. The second-order valence-electron chi connectivity index (χ2n) is 3.70. The van der Waals surface area contributed by atoms with Gasteiger partial charge in [-0.2, -0.15) is 0 Å². The van der Waals surface area contributed by atoms with E-state index in [2.05, 4.69) is 6.92 Å². The molecule has 0 bridgehead atoms. The van der Waals surface area contributed by atoms with Gasteiger partial charge < -0.3 is 10.2 Å². The first-order chi connectivity index (χ1) is 5.96. The molecule has 78 valence electrons. The number of carboxylic acids is 1. The van der Waals surface area contributed by atoms with Gasteiger partial charge in [0.2, 0.25) is 0 Å². The molecule has 0 aliphatic carbocycles. The van der Waals surface area contributed by atoms with Crippen LogP contribution in [0, 0.1) is 5.92 Å². The van der Waals surface area contributed by atoms with Crippen LogP contribution in [0.25, 0.3) is 0 Å². The minimum Gasteiger partial charge on any atom is -0.479 e. The van der Waals surface area contributed by atoms with Gasteiger partial charge >= 0.3 is 5.97 Å². The molecule has 2 N–H and O–H groups in total. The number of aliphatic hydroxyl groups is 1. The van der Waals surface area contributed by atoms with E-state index in [1.807, 2.05) is 6.92 Å². The lowest BCUT2D eigenvalue weighted by Gasteiger charge is -2.27. The summed E-state index contributed by atoms with van der Waals surface area (Å²) < 4.78 is 0. The molecule has 0 amide bonds. The quantitative estimate of drug-likeness (QED) is 0.670. The van der Waals surface area contributed by atoms with Crippen molar-refractivity contribution in [1.82, 2.24) is 0 Å². The Morgan fingerprint density at radius 3 is 2.31 bits per heavy atom. The molecule has 13 heavy (non-hydrogen) atoms. The molecule has 0 aliphatic rings.